The fourth-order valence-electron chi connectivity index (χ4n) is 1.94. The van der Waals surface area contributed by atoms with Gasteiger partial charge in [0.1, 0.15) is 12.4 Å². The molecular weight excluding hydrogens is 238 g/mol. The van der Waals surface area contributed by atoms with Gasteiger partial charge in [-0.15, -0.1) is 11.8 Å². The normalized spacial score (nSPS) is 21.2. The first kappa shape index (κ1) is 12.5. The molecule has 0 aliphatic carbocycles. The molecule has 0 radical (unpaired) electrons. The summed E-state index contributed by atoms with van der Waals surface area (Å²) < 4.78 is 10.3. The minimum atomic E-state index is 0.0770. The molecule has 1 aromatic rings. The largest absolute Gasteiger partial charge is 0.468 e. The van der Waals surface area contributed by atoms with Gasteiger partial charge >= 0.3 is 0 Å². The van der Waals surface area contributed by atoms with E-state index in [0.717, 1.165) is 31.0 Å². The first-order valence-corrected chi connectivity index (χ1v) is 6.78. The van der Waals surface area contributed by atoms with Crippen molar-refractivity contribution in [2.24, 2.45) is 0 Å². The topological polar surface area (TPSA) is 42.7 Å². The van der Waals surface area contributed by atoms with Crippen LogP contribution >= 0.6 is 11.8 Å². The summed E-state index contributed by atoms with van der Waals surface area (Å²) in [6.45, 7) is 1.75. The predicted molar refractivity (Wildman–Crippen MR) is 67.0 cm³/mol. The van der Waals surface area contributed by atoms with Crippen LogP contribution in [0.5, 0.6) is 0 Å². The first-order valence-electron chi connectivity index (χ1n) is 5.73. The van der Waals surface area contributed by atoms with E-state index < -0.39 is 0 Å². The molecule has 0 bridgehead atoms. The van der Waals surface area contributed by atoms with Crippen LogP contribution in [0, 0.1) is 0 Å². The molecule has 0 spiro atoms. The Morgan fingerprint density at radius 1 is 1.65 bits per heavy atom. The molecule has 1 fully saturated rings. The van der Waals surface area contributed by atoms with Crippen molar-refractivity contribution in [3.05, 3.63) is 24.2 Å². The molecule has 4 nitrogen and oxygen atoms in total. The van der Waals surface area contributed by atoms with Gasteiger partial charge in [-0.25, -0.2) is 0 Å². The Morgan fingerprint density at radius 3 is 3.24 bits per heavy atom. The Morgan fingerprint density at radius 2 is 2.53 bits per heavy atom. The van der Waals surface area contributed by atoms with Gasteiger partial charge in [0.2, 0.25) is 5.91 Å². The van der Waals surface area contributed by atoms with Crippen molar-refractivity contribution >= 4 is 17.7 Å². The van der Waals surface area contributed by atoms with Gasteiger partial charge in [0.15, 0.2) is 0 Å². The average Bonchev–Trinajstić information content (AvgIpc) is 2.74. The second-order valence-electron chi connectivity index (χ2n) is 3.98. The molecule has 2 rings (SSSR count). The number of hydrogen-bond donors (Lipinski definition) is 0. The molecule has 0 aromatic carbocycles. The summed E-state index contributed by atoms with van der Waals surface area (Å²) in [7, 11) is 1.55. The van der Waals surface area contributed by atoms with Gasteiger partial charge in [-0.2, -0.15) is 0 Å². The fraction of sp³-hybridized carbons (Fsp3) is 0.583. The highest BCUT2D eigenvalue weighted by Crippen LogP contribution is 2.34. The number of thioether (sulfide) groups is 1. The van der Waals surface area contributed by atoms with E-state index in [1.54, 1.807) is 13.4 Å². The standard InChI is InChI=1S/C12H17NO3S/c1-15-9-12(14)13-5-4-11(17-8-6-13)10-3-2-7-16-10/h2-3,7,11H,4-6,8-9H2,1H3/t11-/m1/s1. The number of carbonyl (C=O) groups excluding carboxylic acids is 1. The van der Waals surface area contributed by atoms with Crippen molar-refractivity contribution < 1.29 is 13.9 Å². The number of furan rings is 1. The third-order valence-corrected chi connectivity index (χ3v) is 4.11. The van der Waals surface area contributed by atoms with E-state index in [4.69, 9.17) is 9.15 Å². The average molecular weight is 255 g/mol. The van der Waals surface area contributed by atoms with Gasteiger partial charge in [-0.05, 0) is 18.6 Å². The fourth-order valence-corrected chi connectivity index (χ4v) is 3.12. The SMILES string of the molecule is COCC(=O)N1CCS[C@@H](c2ccco2)CC1. The minimum Gasteiger partial charge on any atom is -0.468 e. The van der Waals surface area contributed by atoms with Crippen molar-refractivity contribution in [2.75, 3.05) is 32.6 Å². The van der Waals surface area contributed by atoms with Gasteiger partial charge in [0.05, 0.1) is 11.5 Å². The Hall–Kier alpha value is -0.940. The lowest BCUT2D eigenvalue weighted by atomic mass is 10.2. The maximum atomic E-state index is 11.7. The van der Waals surface area contributed by atoms with E-state index in [2.05, 4.69) is 0 Å². The summed E-state index contributed by atoms with van der Waals surface area (Å²) in [5.74, 6) is 2.03. The van der Waals surface area contributed by atoms with Gasteiger partial charge in [0, 0.05) is 26.0 Å². The highest BCUT2D eigenvalue weighted by atomic mass is 32.2. The van der Waals surface area contributed by atoms with E-state index in [-0.39, 0.29) is 12.5 Å². The summed E-state index contributed by atoms with van der Waals surface area (Å²) in [4.78, 5) is 13.6. The van der Waals surface area contributed by atoms with E-state index >= 15 is 0 Å². The first-order chi connectivity index (χ1) is 8.31. The molecule has 17 heavy (non-hydrogen) atoms. The second-order valence-corrected chi connectivity index (χ2v) is 5.29. The maximum Gasteiger partial charge on any atom is 0.248 e. The van der Waals surface area contributed by atoms with Crippen LogP contribution in [0.4, 0.5) is 0 Å². The summed E-state index contributed by atoms with van der Waals surface area (Å²) in [5, 5.41) is 0.366. The number of amides is 1. The van der Waals surface area contributed by atoms with E-state index in [9.17, 15) is 4.79 Å². The Labute approximate surface area is 105 Å². The van der Waals surface area contributed by atoms with Gasteiger partial charge < -0.3 is 14.1 Å². The molecule has 1 aromatic heterocycles. The van der Waals surface area contributed by atoms with Gasteiger partial charge in [0.25, 0.3) is 0 Å². The van der Waals surface area contributed by atoms with Crippen LogP contribution in [0.2, 0.25) is 0 Å². The zero-order valence-corrected chi connectivity index (χ0v) is 10.7. The third kappa shape index (κ3) is 3.26. The smallest absolute Gasteiger partial charge is 0.248 e. The number of hydrogen-bond acceptors (Lipinski definition) is 4. The molecule has 1 atom stereocenters. The van der Waals surface area contributed by atoms with Crippen molar-refractivity contribution in [2.45, 2.75) is 11.7 Å². The maximum absolute atomic E-state index is 11.7. The van der Waals surface area contributed by atoms with Crippen LogP contribution in [0.15, 0.2) is 22.8 Å². The highest BCUT2D eigenvalue weighted by Gasteiger charge is 2.23. The molecule has 0 saturated carbocycles. The number of nitrogens with zero attached hydrogens (tertiary/aromatic N) is 1. The van der Waals surface area contributed by atoms with Crippen molar-refractivity contribution in [1.82, 2.24) is 4.90 Å². The van der Waals surface area contributed by atoms with Gasteiger partial charge in [-0.1, -0.05) is 0 Å². The molecule has 94 valence electrons. The molecule has 0 N–H and O–H groups in total. The van der Waals surface area contributed by atoms with Crippen LogP contribution in [0.1, 0.15) is 17.4 Å². The predicted octanol–water partition coefficient (Wildman–Crippen LogP) is 1.93. The lowest BCUT2D eigenvalue weighted by Gasteiger charge is -2.19. The zero-order valence-electron chi connectivity index (χ0n) is 9.93. The summed E-state index contributed by atoms with van der Waals surface area (Å²) >= 11 is 1.85. The zero-order chi connectivity index (χ0) is 12.1. The molecule has 2 heterocycles. The summed E-state index contributed by atoms with van der Waals surface area (Å²) in [6, 6.07) is 3.92. The minimum absolute atomic E-state index is 0.0770. The highest BCUT2D eigenvalue weighted by molar-refractivity contribution is 7.99. The summed E-state index contributed by atoms with van der Waals surface area (Å²) in [5.41, 5.74) is 0. The van der Waals surface area contributed by atoms with Crippen molar-refractivity contribution in [1.29, 1.82) is 0 Å². The molecule has 5 heteroatoms. The van der Waals surface area contributed by atoms with Crippen molar-refractivity contribution in [3.8, 4) is 0 Å². The molecular formula is C12H17NO3S. The monoisotopic (exact) mass is 255 g/mol. The third-order valence-electron chi connectivity index (χ3n) is 2.82. The molecule has 0 unspecified atom stereocenters. The summed E-state index contributed by atoms with van der Waals surface area (Å²) in [6.07, 6.45) is 2.64. The van der Waals surface area contributed by atoms with Crippen LogP contribution < -0.4 is 0 Å². The molecule has 1 aliphatic rings. The van der Waals surface area contributed by atoms with E-state index in [1.165, 1.54) is 0 Å². The van der Waals surface area contributed by atoms with E-state index in [1.807, 2.05) is 28.8 Å². The van der Waals surface area contributed by atoms with E-state index in [0.29, 0.717) is 5.25 Å². The van der Waals surface area contributed by atoms with Crippen LogP contribution in [-0.2, 0) is 9.53 Å². The number of rotatable bonds is 3. The van der Waals surface area contributed by atoms with Crippen LogP contribution in [-0.4, -0.2) is 43.4 Å². The second kappa shape index (κ2) is 6.12. The number of methoxy groups -OCH3 is 1. The molecule has 1 amide bonds. The van der Waals surface area contributed by atoms with Crippen LogP contribution in [0.25, 0.3) is 0 Å². The van der Waals surface area contributed by atoms with Gasteiger partial charge in [-0.3, -0.25) is 4.79 Å². The Balaban J connectivity index is 1.91. The van der Waals surface area contributed by atoms with Crippen molar-refractivity contribution in [3.63, 3.8) is 0 Å². The Bertz CT molecular complexity index is 353. The number of ether oxygens (including phenoxy) is 1. The lowest BCUT2D eigenvalue weighted by molar-refractivity contribution is -0.134. The number of carbonyl (C=O) groups is 1. The molecule has 1 aliphatic heterocycles. The molecule has 1 saturated heterocycles. The quantitative estimate of drug-likeness (QED) is 0.827. The Kier molecular flexibility index (Phi) is 4.50. The van der Waals surface area contributed by atoms with Crippen LogP contribution in [0.3, 0.4) is 0 Å². The lowest BCUT2D eigenvalue weighted by Crippen LogP contribution is -2.35.